The van der Waals surface area contributed by atoms with Crippen LogP contribution in [0.15, 0.2) is 83.4 Å². The molecule has 6 nitrogen and oxygen atoms in total. The van der Waals surface area contributed by atoms with Crippen LogP contribution in [0.25, 0.3) is 11.3 Å². The van der Waals surface area contributed by atoms with Crippen molar-refractivity contribution in [3.8, 4) is 23.1 Å². The topological polar surface area (TPSA) is 88.1 Å². The number of aryl methyl sites for hydroxylation is 1. The number of nitrogens with zero attached hydrogens (tertiary/aromatic N) is 2. The molecule has 0 aliphatic rings. The van der Waals surface area contributed by atoms with E-state index in [9.17, 15) is 4.79 Å². The molecule has 3 aromatic carbocycles. The Balaban J connectivity index is 1.31. The fourth-order valence-corrected chi connectivity index (χ4v) is 3.46. The molecule has 0 saturated heterocycles. The average molecular weight is 472 g/mol. The normalized spacial score (nSPS) is 10.5. The highest BCUT2D eigenvalue weighted by Crippen LogP contribution is 2.23. The van der Waals surface area contributed by atoms with E-state index in [0.29, 0.717) is 47.6 Å². The highest BCUT2D eigenvalue weighted by molar-refractivity contribution is 6.30. The molecule has 0 unspecified atom stereocenters. The van der Waals surface area contributed by atoms with E-state index in [0.717, 1.165) is 16.7 Å². The molecule has 0 saturated carbocycles. The quantitative estimate of drug-likeness (QED) is 0.313. The summed E-state index contributed by atoms with van der Waals surface area (Å²) in [6, 6.07) is 24.3. The summed E-state index contributed by atoms with van der Waals surface area (Å²) in [6.45, 7) is 0.304. The number of amides is 1. The van der Waals surface area contributed by atoms with E-state index in [4.69, 9.17) is 26.0 Å². The molecule has 0 fully saturated rings. The first-order chi connectivity index (χ1) is 16.6. The third kappa shape index (κ3) is 6.25. The lowest BCUT2D eigenvalue weighted by molar-refractivity contribution is -0.116. The maximum Gasteiger partial charge on any atom is 0.224 e. The molecule has 4 rings (SSSR count). The van der Waals surface area contributed by atoms with Gasteiger partial charge in [0.1, 0.15) is 12.4 Å². The molecular weight excluding hydrogens is 450 g/mol. The van der Waals surface area contributed by atoms with Crippen molar-refractivity contribution in [1.29, 1.82) is 5.26 Å². The van der Waals surface area contributed by atoms with Gasteiger partial charge in [0.25, 0.3) is 0 Å². The largest absolute Gasteiger partial charge is 0.489 e. The van der Waals surface area contributed by atoms with Crippen molar-refractivity contribution in [3.05, 3.63) is 101 Å². The van der Waals surface area contributed by atoms with E-state index in [1.807, 2.05) is 60.7 Å². The van der Waals surface area contributed by atoms with E-state index in [1.54, 1.807) is 18.3 Å². The molecule has 4 aromatic rings. The molecule has 0 aliphatic carbocycles. The lowest BCUT2D eigenvalue weighted by Crippen LogP contribution is -2.14. The zero-order valence-electron chi connectivity index (χ0n) is 18.3. The van der Waals surface area contributed by atoms with Gasteiger partial charge in [-0.1, -0.05) is 41.9 Å². The van der Waals surface area contributed by atoms with Crippen LogP contribution < -0.4 is 10.1 Å². The van der Waals surface area contributed by atoms with Crippen molar-refractivity contribution in [2.45, 2.75) is 25.9 Å². The second-order valence-corrected chi connectivity index (χ2v) is 8.03. The van der Waals surface area contributed by atoms with Crippen molar-refractivity contribution in [1.82, 2.24) is 4.98 Å². The Hall–Kier alpha value is -4.08. The van der Waals surface area contributed by atoms with Gasteiger partial charge >= 0.3 is 0 Å². The fourth-order valence-electron chi connectivity index (χ4n) is 3.33. The van der Waals surface area contributed by atoms with Gasteiger partial charge in [0.2, 0.25) is 5.91 Å². The smallest absolute Gasteiger partial charge is 0.224 e. The predicted octanol–water partition coefficient (Wildman–Crippen LogP) is 6.21. The van der Waals surface area contributed by atoms with Crippen LogP contribution in [0, 0.1) is 11.3 Å². The Morgan fingerprint density at radius 2 is 1.82 bits per heavy atom. The summed E-state index contributed by atoms with van der Waals surface area (Å²) in [4.78, 5) is 16.8. The van der Waals surface area contributed by atoms with Gasteiger partial charge in [0.15, 0.2) is 11.7 Å². The van der Waals surface area contributed by atoms with Crippen molar-refractivity contribution >= 4 is 23.2 Å². The summed E-state index contributed by atoms with van der Waals surface area (Å²) in [5.41, 5.74) is 3.37. The van der Waals surface area contributed by atoms with Crippen LogP contribution in [0.3, 0.4) is 0 Å². The minimum absolute atomic E-state index is 0.139. The van der Waals surface area contributed by atoms with Gasteiger partial charge < -0.3 is 14.5 Å². The van der Waals surface area contributed by atoms with Crippen LogP contribution in [-0.4, -0.2) is 10.9 Å². The summed E-state index contributed by atoms with van der Waals surface area (Å²) in [6.07, 6.45) is 2.63. The number of nitriles is 1. The summed E-state index contributed by atoms with van der Waals surface area (Å²) >= 11 is 5.93. The lowest BCUT2D eigenvalue weighted by Gasteiger charge is -2.12. The van der Waals surface area contributed by atoms with Crippen LogP contribution in [0.2, 0.25) is 5.02 Å². The molecule has 0 atom stereocenters. The van der Waals surface area contributed by atoms with Crippen molar-refractivity contribution in [3.63, 3.8) is 0 Å². The Labute approximate surface area is 202 Å². The number of halogens is 1. The van der Waals surface area contributed by atoms with Crippen LogP contribution in [0.4, 0.5) is 5.69 Å². The first-order valence-electron chi connectivity index (χ1n) is 10.8. The third-order valence-electron chi connectivity index (χ3n) is 5.14. The zero-order valence-corrected chi connectivity index (χ0v) is 19.1. The van der Waals surface area contributed by atoms with Crippen LogP contribution in [-0.2, 0) is 24.2 Å². The molecule has 1 N–H and O–H groups in total. The predicted molar refractivity (Wildman–Crippen MR) is 130 cm³/mol. The van der Waals surface area contributed by atoms with E-state index >= 15 is 0 Å². The van der Waals surface area contributed by atoms with E-state index in [1.165, 1.54) is 0 Å². The minimum Gasteiger partial charge on any atom is -0.489 e. The minimum atomic E-state index is -0.139. The Morgan fingerprint density at radius 3 is 2.59 bits per heavy atom. The van der Waals surface area contributed by atoms with Gasteiger partial charge in [-0.25, -0.2) is 4.98 Å². The summed E-state index contributed by atoms with van der Waals surface area (Å²) < 4.78 is 11.6. The number of carbonyl (C=O) groups excluding carboxylic acids is 1. The number of para-hydroxylation sites is 1. The van der Waals surface area contributed by atoms with Gasteiger partial charge in [0, 0.05) is 34.7 Å². The molecule has 0 aliphatic heterocycles. The van der Waals surface area contributed by atoms with Crippen LogP contribution in [0.1, 0.15) is 23.4 Å². The number of ether oxygens (including phenoxy) is 1. The number of aromatic nitrogens is 1. The molecule has 0 radical (unpaired) electrons. The average Bonchev–Trinajstić information content (AvgIpc) is 3.33. The molecule has 7 heteroatoms. The molecule has 170 valence electrons. The van der Waals surface area contributed by atoms with E-state index in [2.05, 4.69) is 16.4 Å². The van der Waals surface area contributed by atoms with Gasteiger partial charge in [-0.3, -0.25) is 4.79 Å². The second-order valence-electron chi connectivity index (χ2n) is 7.60. The zero-order chi connectivity index (χ0) is 23.8. The number of nitrogens with one attached hydrogen (secondary N) is 1. The highest BCUT2D eigenvalue weighted by atomic mass is 35.5. The number of hydrogen-bond donors (Lipinski definition) is 1. The summed E-state index contributed by atoms with van der Waals surface area (Å²) in [7, 11) is 0. The van der Waals surface area contributed by atoms with E-state index < -0.39 is 0 Å². The van der Waals surface area contributed by atoms with Gasteiger partial charge in [-0.15, -0.1) is 0 Å². The highest BCUT2D eigenvalue weighted by Gasteiger charge is 2.11. The monoisotopic (exact) mass is 471 g/mol. The number of carbonyl (C=O) groups is 1. The molecule has 34 heavy (non-hydrogen) atoms. The van der Waals surface area contributed by atoms with Gasteiger partial charge in [-0.2, -0.15) is 5.26 Å². The van der Waals surface area contributed by atoms with Crippen LogP contribution in [0.5, 0.6) is 5.75 Å². The number of rotatable bonds is 9. The molecule has 0 spiro atoms. The molecule has 1 amide bonds. The number of benzene rings is 3. The maximum atomic E-state index is 12.6. The van der Waals surface area contributed by atoms with Crippen molar-refractivity contribution in [2.75, 3.05) is 5.32 Å². The first kappa shape index (κ1) is 23.1. The van der Waals surface area contributed by atoms with Gasteiger partial charge in [0.05, 0.1) is 18.7 Å². The summed E-state index contributed by atoms with van der Waals surface area (Å²) in [5.74, 6) is 1.69. The SMILES string of the molecule is N#CCc1ccc(OCc2ccccc2NC(=O)CCc2ncc(-c3ccc(Cl)cc3)o2)cc1. The molecular formula is C27H22ClN3O3. The van der Waals surface area contributed by atoms with Crippen molar-refractivity contribution < 1.29 is 13.9 Å². The van der Waals surface area contributed by atoms with Gasteiger partial charge in [-0.05, 0) is 48.0 Å². The molecule has 1 heterocycles. The Kier molecular flexibility index (Phi) is 7.59. The molecule has 1 aromatic heterocycles. The first-order valence-corrected chi connectivity index (χ1v) is 11.2. The standard InChI is InChI=1S/C27H22ClN3O3/c28-22-9-7-20(8-10-22)25-17-30-27(34-25)14-13-26(32)31-24-4-2-1-3-21(24)18-33-23-11-5-19(6-12-23)15-16-29/h1-12,17H,13-15,18H2,(H,31,32). The fraction of sp³-hybridized carbons (Fsp3) is 0.148. The molecule has 0 bridgehead atoms. The number of anilines is 1. The Morgan fingerprint density at radius 1 is 1.06 bits per heavy atom. The summed E-state index contributed by atoms with van der Waals surface area (Å²) in [5, 5.41) is 12.4. The third-order valence-corrected chi connectivity index (χ3v) is 5.39. The maximum absolute atomic E-state index is 12.6. The van der Waals surface area contributed by atoms with Crippen molar-refractivity contribution in [2.24, 2.45) is 0 Å². The number of oxazole rings is 1. The second kappa shape index (κ2) is 11.2. The van der Waals surface area contributed by atoms with E-state index in [-0.39, 0.29) is 12.3 Å². The lowest BCUT2D eigenvalue weighted by atomic mass is 10.1. The number of hydrogen-bond acceptors (Lipinski definition) is 5. The van der Waals surface area contributed by atoms with Crippen LogP contribution >= 0.6 is 11.6 Å². The Bertz CT molecular complexity index is 1290.